The lowest BCUT2D eigenvalue weighted by Crippen LogP contribution is -2.45. The number of halogens is 4. The van der Waals surface area contributed by atoms with Crippen LogP contribution in [0, 0.1) is 5.92 Å². The number of hydrogen-bond acceptors (Lipinski definition) is 2. The SMILES string of the molecule is CC(c1cccc(C(F)(F)F)c1)N(C(=O)C1CCCNC1)C1CC1.Cl. The quantitative estimate of drug-likeness (QED) is 0.855. The first kappa shape index (κ1) is 20.0. The van der Waals surface area contributed by atoms with Gasteiger partial charge in [0.1, 0.15) is 0 Å². The van der Waals surface area contributed by atoms with Gasteiger partial charge in [-0.1, -0.05) is 12.1 Å². The Bertz CT molecular complexity index is 598. The highest BCUT2D eigenvalue weighted by atomic mass is 35.5. The van der Waals surface area contributed by atoms with Gasteiger partial charge in [0.25, 0.3) is 0 Å². The lowest BCUT2D eigenvalue weighted by atomic mass is 9.96. The molecule has 0 spiro atoms. The Morgan fingerprint density at radius 1 is 1.28 bits per heavy atom. The Balaban J connectivity index is 0.00000225. The highest BCUT2D eigenvalue weighted by Crippen LogP contribution is 2.38. The predicted octanol–water partition coefficient (Wildman–Crippen LogP) is 4.18. The molecule has 2 fully saturated rings. The maximum Gasteiger partial charge on any atom is 0.416 e. The summed E-state index contributed by atoms with van der Waals surface area (Å²) in [6.07, 6.45) is -0.668. The van der Waals surface area contributed by atoms with E-state index in [2.05, 4.69) is 5.32 Å². The standard InChI is InChI=1S/C18H23F3N2O.ClH/c1-12(13-4-2-6-15(10-13)18(19,20)21)23(16-7-8-16)17(24)14-5-3-9-22-11-14;/h2,4,6,10,12,14,16,22H,3,5,7-9,11H2,1H3;1H. The van der Waals surface area contributed by atoms with E-state index in [0.717, 1.165) is 38.3 Å². The third kappa shape index (κ3) is 4.67. The molecule has 1 saturated carbocycles. The van der Waals surface area contributed by atoms with Gasteiger partial charge in [0.2, 0.25) is 5.91 Å². The Labute approximate surface area is 152 Å². The van der Waals surface area contributed by atoms with Gasteiger partial charge in [0, 0.05) is 12.6 Å². The fourth-order valence-corrected chi connectivity index (χ4v) is 3.45. The van der Waals surface area contributed by atoms with E-state index in [9.17, 15) is 18.0 Å². The van der Waals surface area contributed by atoms with E-state index in [1.807, 2.05) is 11.8 Å². The van der Waals surface area contributed by atoms with Crippen LogP contribution in [0.5, 0.6) is 0 Å². The molecule has 3 nitrogen and oxygen atoms in total. The van der Waals surface area contributed by atoms with Gasteiger partial charge in [-0.05, 0) is 56.8 Å². The van der Waals surface area contributed by atoms with Crippen LogP contribution in [0.25, 0.3) is 0 Å². The van der Waals surface area contributed by atoms with Crippen molar-refractivity contribution in [2.24, 2.45) is 5.92 Å². The molecule has 0 bridgehead atoms. The summed E-state index contributed by atoms with van der Waals surface area (Å²) < 4.78 is 38.9. The molecular formula is C18H24ClF3N2O. The molecule has 2 unspecified atom stereocenters. The minimum Gasteiger partial charge on any atom is -0.333 e. The van der Waals surface area contributed by atoms with Crippen molar-refractivity contribution in [3.05, 3.63) is 35.4 Å². The number of benzene rings is 1. The van der Waals surface area contributed by atoms with Crippen LogP contribution < -0.4 is 5.32 Å². The molecule has 2 atom stereocenters. The van der Waals surface area contributed by atoms with Crippen LogP contribution in [-0.2, 0) is 11.0 Å². The number of rotatable bonds is 4. The van der Waals surface area contributed by atoms with Gasteiger partial charge in [0.15, 0.2) is 0 Å². The highest BCUT2D eigenvalue weighted by molar-refractivity contribution is 5.85. The first-order valence-corrected chi connectivity index (χ1v) is 8.58. The molecule has 140 valence electrons. The van der Waals surface area contributed by atoms with Crippen molar-refractivity contribution in [2.45, 2.75) is 50.9 Å². The van der Waals surface area contributed by atoms with Crippen LogP contribution in [-0.4, -0.2) is 29.9 Å². The molecule has 1 aromatic rings. The summed E-state index contributed by atoms with van der Waals surface area (Å²) in [6.45, 7) is 3.43. The van der Waals surface area contributed by atoms with E-state index in [1.54, 1.807) is 6.07 Å². The largest absolute Gasteiger partial charge is 0.416 e. The molecule has 25 heavy (non-hydrogen) atoms. The van der Waals surface area contributed by atoms with Crippen molar-refractivity contribution < 1.29 is 18.0 Å². The first-order chi connectivity index (χ1) is 11.4. The lowest BCUT2D eigenvalue weighted by molar-refractivity contribution is -0.139. The summed E-state index contributed by atoms with van der Waals surface area (Å²) in [5.41, 5.74) is -0.108. The number of carbonyl (C=O) groups is 1. The average molecular weight is 377 g/mol. The Morgan fingerprint density at radius 2 is 2.00 bits per heavy atom. The third-order valence-electron chi connectivity index (χ3n) is 4.95. The Morgan fingerprint density at radius 3 is 2.56 bits per heavy atom. The van der Waals surface area contributed by atoms with Crippen LogP contribution >= 0.6 is 12.4 Å². The van der Waals surface area contributed by atoms with E-state index in [4.69, 9.17) is 0 Å². The Hall–Kier alpha value is -1.27. The topological polar surface area (TPSA) is 32.3 Å². The number of alkyl halides is 3. The smallest absolute Gasteiger partial charge is 0.333 e. The van der Waals surface area contributed by atoms with Gasteiger partial charge in [-0.15, -0.1) is 12.4 Å². The molecule has 0 aromatic heterocycles. The van der Waals surface area contributed by atoms with Crippen molar-refractivity contribution in [3.63, 3.8) is 0 Å². The molecule has 1 aliphatic heterocycles. The second-order valence-electron chi connectivity index (χ2n) is 6.82. The van der Waals surface area contributed by atoms with E-state index >= 15 is 0 Å². The number of nitrogens with one attached hydrogen (secondary N) is 1. The van der Waals surface area contributed by atoms with Crippen LogP contribution in [0.1, 0.15) is 49.8 Å². The zero-order chi connectivity index (χ0) is 17.3. The molecular weight excluding hydrogens is 353 g/mol. The summed E-state index contributed by atoms with van der Waals surface area (Å²) in [5, 5.41) is 3.24. The molecule has 7 heteroatoms. The maximum atomic E-state index is 13.0. The average Bonchev–Trinajstić information content (AvgIpc) is 3.40. The molecule has 1 heterocycles. The second kappa shape index (κ2) is 7.96. The molecule has 1 amide bonds. The van der Waals surface area contributed by atoms with E-state index in [-0.39, 0.29) is 36.3 Å². The van der Waals surface area contributed by atoms with Crippen LogP contribution in [0.3, 0.4) is 0 Å². The summed E-state index contributed by atoms with van der Waals surface area (Å²) in [6, 6.07) is 5.18. The van der Waals surface area contributed by atoms with E-state index in [1.165, 1.54) is 12.1 Å². The van der Waals surface area contributed by atoms with E-state index in [0.29, 0.717) is 12.1 Å². The summed E-state index contributed by atoms with van der Waals surface area (Å²) in [4.78, 5) is 14.8. The second-order valence-corrected chi connectivity index (χ2v) is 6.82. The molecule has 2 aliphatic rings. The van der Waals surface area contributed by atoms with Crippen molar-refractivity contribution in [1.29, 1.82) is 0 Å². The monoisotopic (exact) mass is 376 g/mol. The molecule has 3 rings (SSSR count). The number of piperidine rings is 1. The number of hydrogen-bond donors (Lipinski definition) is 1. The molecule has 1 N–H and O–H groups in total. The van der Waals surface area contributed by atoms with Crippen molar-refractivity contribution in [3.8, 4) is 0 Å². The van der Waals surface area contributed by atoms with Gasteiger partial charge < -0.3 is 10.2 Å². The Kier molecular flexibility index (Phi) is 6.38. The van der Waals surface area contributed by atoms with Crippen LogP contribution in [0.2, 0.25) is 0 Å². The predicted molar refractivity (Wildman–Crippen MR) is 92.6 cm³/mol. The highest BCUT2D eigenvalue weighted by Gasteiger charge is 2.40. The van der Waals surface area contributed by atoms with Crippen molar-refractivity contribution >= 4 is 18.3 Å². The minimum atomic E-state index is -4.36. The molecule has 0 radical (unpaired) electrons. The molecule has 1 saturated heterocycles. The molecule has 1 aliphatic carbocycles. The van der Waals surface area contributed by atoms with Crippen molar-refractivity contribution in [2.75, 3.05) is 13.1 Å². The van der Waals surface area contributed by atoms with Crippen molar-refractivity contribution in [1.82, 2.24) is 10.2 Å². The van der Waals surface area contributed by atoms with Crippen LogP contribution in [0.15, 0.2) is 24.3 Å². The minimum absolute atomic E-state index is 0. The van der Waals surface area contributed by atoms with Gasteiger partial charge in [-0.2, -0.15) is 13.2 Å². The molecule has 1 aromatic carbocycles. The van der Waals surface area contributed by atoms with Gasteiger partial charge in [-0.25, -0.2) is 0 Å². The normalized spacial score (nSPS) is 22.0. The fraction of sp³-hybridized carbons (Fsp3) is 0.611. The summed E-state index contributed by atoms with van der Waals surface area (Å²) >= 11 is 0. The van der Waals surface area contributed by atoms with E-state index < -0.39 is 11.7 Å². The maximum absolute atomic E-state index is 13.0. The summed E-state index contributed by atoms with van der Waals surface area (Å²) in [7, 11) is 0. The van der Waals surface area contributed by atoms with Gasteiger partial charge in [0.05, 0.1) is 17.5 Å². The zero-order valence-electron chi connectivity index (χ0n) is 14.2. The third-order valence-corrected chi connectivity index (χ3v) is 4.95. The zero-order valence-corrected chi connectivity index (χ0v) is 15.0. The van der Waals surface area contributed by atoms with Gasteiger partial charge >= 0.3 is 6.18 Å². The number of nitrogens with zero attached hydrogens (tertiary/aromatic N) is 1. The number of carbonyl (C=O) groups excluding carboxylic acids is 1. The van der Waals surface area contributed by atoms with Crippen LogP contribution in [0.4, 0.5) is 13.2 Å². The number of amides is 1. The first-order valence-electron chi connectivity index (χ1n) is 8.58. The fourth-order valence-electron chi connectivity index (χ4n) is 3.45. The lowest BCUT2D eigenvalue weighted by Gasteiger charge is -2.34. The van der Waals surface area contributed by atoms with Gasteiger partial charge in [-0.3, -0.25) is 4.79 Å². The summed E-state index contributed by atoms with van der Waals surface area (Å²) in [5.74, 6) is 0.0159.